The van der Waals surface area contributed by atoms with Gasteiger partial charge in [0.15, 0.2) is 23.7 Å². The van der Waals surface area contributed by atoms with Crippen molar-refractivity contribution < 1.29 is 54.6 Å². The molecular weight excluding hydrogens is 588 g/mol. The molecule has 4 unspecified atom stereocenters. The third-order valence-corrected chi connectivity index (χ3v) is 11.7. The average molecular weight is 629 g/mol. The van der Waals surface area contributed by atoms with E-state index in [0.29, 0.717) is 18.6 Å². The number of ether oxygens (including phenoxy) is 1. The number of aromatic hydroxyl groups is 1. The third-order valence-electron chi connectivity index (χ3n) is 11.7. The molecule has 1 aromatic carbocycles. The number of benzene rings is 1. The van der Waals surface area contributed by atoms with E-state index in [1.165, 1.54) is 12.8 Å². The zero-order valence-corrected chi connectivity index (χ0v) is 24.9. The summed E-state index contributed by atoms with van der Waals surface area (Å²) in [5.74, 6) is -2.68. The molecule has 3 heterocycles. The predicted octanol–water partition coefficient (Wildman–Crippen LogP) is 0.378. The minimum absolute atomic E-state index is 0.000505. The topological polar surface area (TPSA) is 205 Å². The molecule has 3 aliphatic heterocycles. The van der Waals surface area contributed by atoms with Crippen molar-refractivity contribution in [3.63, 3.8) is 0 Å². The first-order valence-corrected chi connectivity index (χ1v) is 16.1. The molecule has 45 heavy (non-hydrogen) atoms. The first-order chi connectivity index (χ1) is 21.4. The van der Waals surface area contributed by atoms with Crippen LogP contribution in [-0.4, -0.2) is 113 Å². The summed E-state index contributed by atoms with van der Waals surface area (Å²) in [6.45, 7) is 1.91. The van der Waals surface area contributed by atoms with E-state index in [1.807, 2.05) is 6.07 Å². The summed E-state index contributed by atoms with van der Waals surface area (Å²) >= 11 is 0. The summed E-state index contributed by atoms with van der Waals surface area (Å²) in [4.78, 5) is 50.8. The number of hydrogen-bond donors (Lipinski definition) is 6. The van der Waals surface area contributed by atoms with Crippen molar-refractivity contribution >= 4 is 23.8 Å². The number of rotatable bonds is 6. The molecule has 0 aromatic heterocycles. The molecule has 244 valence electrons. The van der Waals surface area contributed by atoms with Gasteiger partial charge in [-0.05, 0) is 75.5 Å². The van der Waals surface area contributed by atoms with Crippen LogP contribution in [-0.2, 0) is 31.0 Å². The fourth-order valence-electron chi connectivity index (χ4n) is 9.50. The molecule has 0 radical (unpaired) electrons. The Bertz CT molecular complexity index is 1400. The van der Waals surface area contributed by atoms with E-state index >= 15 is 0 Å². The van der Waals surface area contributed by atoms with Gasteiger partial charge in [-0.25, -0.2) is 9.59 Å². The Morgan fingerprint density at radius 1 is 0.933 bits per heavy atom. The predicted molar refractivity (Wildman–Crippen MR) is 153 cm³/mol. The lowest BCUT2D eigenvalue weighted by Crippen LogP contribution is -2.78. The van der Waals surface area contributed by atoms with Crippen LogP contribution in [0.25, 0.3) is 0 Å². The highest BCUT2D eigenvalue weighted by Crippen LogP contribution is 2.66. The van der Waals surface area contributed by atoms with Crippen molar-refractivity contribution in [3.8, 4) is 11.5 Å². The molecule has 2 bridgehead atoms. The van der Waals surface area contributed by atoms with E-state index in [2.05, 4.69) is 4.90 Å². The first kappa shape index (κ1) is 30.4. The molecule has 8 rings (SSSR count). The number of aliphatic carboxylic acids is 2. The Morgan fingerprint density at radius 3 is 2.13 bits per heavy atom. The maximum atomic E-state index is 13.6. The largest absolute Gasteiger partial charge is 0.504 e. The summed E-state index contributed by atoms with van der Waals surface area (Å²) in [5.41, 5.74) is 0.403. The smallest absolute Gasteiger partial charge is 0.335 e. The number of aliphatic hydroxyl groups excluding tert-OH is 2. The summed E-state index contributed by atoms with van der Waals surface area (Å²) in [6.07, 6.45) is 3.67. The Morgan fingerprint density at radius 2 is 1.56 bits per heavy atom. The molecule has 5 fully saturated rings. The lowest BCUT2D eigenvalue weighted by Gasteiger charge is -2.64. The van der Waals surface area contributed by atoms with Crippen LogP contribution < -0.4 is 4.74 Å². The van der Waals surface area contributed by atoms with Crippen LogP contribution in [0.15, 0.2) is 12.1 Å². The highest BCUT2D eigenvalue weighted by molar-refractivity contribution is 6.05. The van der Waals surface area contributed by atoms with Crippen LogP contribution in [0.1, 0.15) is 68.9 Å². The quantitative estimate of drug-likeness (QED) is 0.237. The fraction of sp³-hybridized carbons (Fsp3) is 0.688. The lowest BCUT2D eigenvalue weighted by molar-refractivity contribution is -0.201. The molecule has 2 amide bonds. The van der Waals surface area contributed by atoms with Gasteiger partial charge in [-0.1, -0.05) is 18.9 Å². The van der Waals surface area contributed by atoms with Crippen molar-refractivity contribution in [2.75, 3.05) is 13.1 Å². The van der Waals surface area contributed by atoms with Gasteiger partial charge in [-0.2, -0.15) is 0 Å². The number of likely N-dealkylation sites (tertiary alicyclic amines) is 2. The summed E-state index contributed by atoms with van der Waals surface area (Å²) < 4.78 is 6.60. The number of carbonyl (C=O) groups excluding carboxylic acids is 2. The summed E-state index contributed by atoms with van der Waals surface area (Å²) in [7, 11) is 0. The Hall–Kier alpha value is -3.26. The third kappa shape index (κ3) is 4.34. The van der Waals surface area contributed by atoms with Crippen molar-refractivity contribution in [1.82, 2.24) is 9.80 Å². The standard InChI is InChI=1S/C28H34N2O5.C4H6O6/c31-20-8-7-16-13-21-28(34)10-9-19(30-25(32)17-3-1-2-4-18(17)26(30)33)24-27(28,22(16)23(20)35-24)11-12-29(21)14-15-5-6-15;5-1(3(7)8)2(6)4(9)10/h7-8,15,17-19,21,24,31,34H,1-6,9-14H2;1-2,5-6H,(H,7,8)(H,9,10)/t17?,18?,19-,21-,24+,27+,28-;/m1./s1. The summed E-state index contributed by atoms with van der Waals surface area (Å²) in [6, 6.07) is 3.32. The lowest BCUT2D eigenvalue weighted by atomic mass is 9.48. The molecule has 13 nitrogen and oxygen atoms in total. The molecule has 13 heteroatoms. The number of carbonyl (C=O) groups is 4. The van der Waals surface area contributed by atoms with Gasteiger partial charge < -0.3 is 35.4 Å². The van der Waals surface area contributed by atoms with Crippen LogP contribution in [0, 0.1) is 17.8 Å². The van der Waals surface area contributed by atoms with E-state index < -0.39 is 47.3 Å². The number of amides is 2. The number of imide groups is 1. The fourth-order valence-corrected chi connectivity index (χ4v) is 9.50. The molecule has 6 N–H and O–H groups in total. The second kappa shape index (κ2) is 10.6. The number of phenolic OH excluding ortho intramolecular Hbond substituents is 1. The van der Waals surface area contributed by atoms with Crippen LogP contribution in [0.3, 0.4) is 0 Å². The van der Waals surface area contributed by atoms with E-state index in [1.54, 1.807) is 11.0 Å². The van der Waals surface area contributed by atoms with E-state index in [-0.39, 0.29) is 35.4 Å². The molecule has 4 aliphatic carbocycles. The minimum atomic E-state index is -2.27. The zero-order chi connectivity index (χ0) is 32.0. The number of phenols is 1. The molecule has 9 atom stereocenters. The van der Waals surface area contributed by atoms with Crippen molar-refractivity contribution in [3.05, 3.63) is 23.3 Å². The number of carboxylic acid groups (broad SMARTS) is 2. The normalized spacial score (nSPS) is 37.5. The van der Waals surface area contributed by atoms with E-state index in [0.717, 1.165) is 68.7 Å². The first-order valence-electron chi connectivity index (χ1n) is 16.1. The second-order valence-electron chi connectivity index (χ2n) is 14.0. The van der Waals surface area contributed by atoms with Gasteiger partial charge in [-0.3, -0.25) is 19.4 Å². The molecule has 1 spiro atoms. The van der Waals surface area contributed by atoms with Crippen LogP contribution in [0.2, 0.25) is 0 Å². The molecular formula is C32H40N2O11. The summed E-state index contributed by atoms with van der Waals surface area (Å²) in [5, 5.41) is 56.0. The number of hydrogen-bond acceptors (Lipinski definition) is 10. The number of aliphatic hydroxyl groups is 3. The number of piperidine rings is 1. The maximum Gasteiger partial charge on any atom is 0.335 e. The Kier molecular flexibility index (Phi) is 7.19. The average Bonchev–Trinajstić information content (AvgIpc) is 3.71. The Labute approximate surface area is 259 Å². The van der Waals surface area contributed by atoms with Gasteiger partial charge in [0.2, 0.25) is 11.8 Å². The number of nitrogens with zero attached hydrogens (tertiary/aromatic N) is 2. The zero-order valence-electron chi connectivity index (χ0n) is 24.9. The van der Waals surface area contributed by atoms with Gasteiger partial charge >= 0.3 is 11.9 Å². The van der Waals surface area contributed by atoms with E-state index in [4.69, 9.17) is 25.2 Å². The second-order valence-corrected chi connectivity index (χ2v) is 14.0. The Balaban J connectivity index is 0.000000284. The number of fused-ring (bicyclic) bond motifs is 1. The van der Waals surface area contributed by atoms with Crippen LogP contribution in [0.4, 0.5) is 0 Å². The van der Waals surface area contributed by atoms with Gasteiger partial charge in [0.1, 0.15) is 6.10 Å². The molecule has 7 aliphatic rings. The molecule has 3 saturated carbocycles. The van der Waals surface area contributed by atoms with Crippen molar-refractivity contribution in [2.45, 2.75) is 106 Å². The molecule has 2 saturated heterocycles. The van der Waals surface area contributed by atoms with E-state index in [9.17, 15) is 29.4 Å². The monoisotopic (exact) mass is 628 g/mol. The number of carboxylic acids is 2. The van der Waals surface area contributed by atoms with Gasteiger partial charge in [-0.15, -0.1) is 0 Å². The highest BCUT2D eigenvalue weighted by Gasteiger charge is 2.74. The van der Waals surface area contributed by atoms with Gasteiger partial charge in [0.25, 0.3) is 0 Å². The van der Waals surface area contributed by atoms with Gasteiger partial charge in [0, 0.05) is 18.2 Å². The van der Waals surface area contributed by atoms with Crippen LogP contribution >= 0.6 is 0 Å². The minimum Gasteiger partial charge on any atom is -0.504 e. The van der Waals surface area contributed by atoms with Crippen LogP contribution in [0.5, 0.6) is 11.5 Å². The van der Waals surface area contributed by atoms with Crippen molar-refractivity contribution in [1.29, 1.82) is 0 Å². The maximum absolute atomic E-state index is 13.6. The highest BCUT2D eigenvalue weighted by atomic mass is 16.5. The SMILES string of the molecule is O=C(O)C(O)C(O)C(=O)O.O=C1C2CCCCC2C(=O)N1[C@@H]1CC[C@@]2(O)[C@H]3Cc4ccc(O)c5c4[C@@]2(CCN3CC2CC2)[C@H]1O5. The van der Waals surface area contributed by atoms with Crippen molar-refractivity contribution in [2.24, 2.45) is 17.8 Å². The van der Waals surface area contributed by atoms with Gasteiger partial charge in [0.05, 0.1) is 28.9 Å². The molecule has 1 aromatic rings.